The number of nitrogens with one attached hydrogen (secondary N) is 1. The Bertz CT molecular complexity index is 356. The zero-order valence-electron chi connectivity index (χ0n) is 6.56. The molecule has 0 saturated carbocycles. The Labute approximate surface area is 83.6 Å². The van der Waals surface area contributed by atoms with Gasteiger partial charge in [-0.25, -0.2) is 0 Å². The van der Waals surface area contributed by atoms with Crippen LogP contribution in [0.5, 0.6) is 0 Å². The second-order valence-electron chi connectivity index (χ2n) is 2.19. The molecule has 4 heteroatoms. The molecule has 0 aliphatic heterocycles. The van der Waals surface area contributed by atoms with Crippen LogP contribution in [0.4, 0.5) is 0 Å². The molecule has 0 bridgehead atoms. The molecule has 12 heavy (non-hydrogen) atoms. The van der Waals surface area contributed by atoms with Crippen LogP contribution in [-0.2, 0) is 4.74 Å². The zero-order chi connectivity index (χ0) is 9.14. The predicted molar refractivity (Wildman–Crippen MR) is 55.8 cm³/mol. The van der Waals surface area contributed by atoms with E-state index < -0.39 is 0 Å². The van der Waals surface area contributed by atoms with Crippen LogP contribution in [0.1, 0.15) is 5.56 Å². The van der Waals surface area contributed by atoms with E-state index in [1.807, 2.05) is 0 Å². The second-order valence-corrected chi connectivity index (χ2v) is 3.43. The zero-order valence-corrected chi connectivity index (χ0v) is 8.71. The van der Waals surface area contributed by atoms with Gasteiger partial charge in [-0.2, -0.15) is 0 Å². The molecule has 64 valence electrons. The van der Waals surface area contributed by atoms with Crippen LogP contribution in [0.3, 0.4) is 0 Å². The molecule has 0 aliphatic carbocycles. The Morgan fingerprint density at radius 1 is 1.75 bits per heavy atom. The first kappa shape index (κ1) is 9.31. The molecular weight excluding hydrogens is 269 g/mol. The van der Waals surface area contributed by atoms with Crippen molar-refractivity contribution in [1.29, 1.82) is 0 Å². The standard InChI is InChI=1S/C8H8INO2/c1-5(12-2)7-3-6(9)4-10-8(7)11/h3-4H,1H2,2H3,(H,10,11). The van der Waals surface area contributed by atoms with Gasteiger partial charge in [-0.05, 0) is 28.7 Å². The fraction of sp³-hybridized carbons (Fsp3) is 0.125. The lowest BCUT2D eigenvalue weighted by molar-refractivity contribution is 0.370. The van der Waals surface area contributed by atoms with E-state index in [0.29, 0.717) is 11.3 Å². The van der Waals surface area contributed by atoms with Crippen molar-refractivity contribution in [2.45, 2.75) is 0 Å². The minimum atomic E-state index is -0.178. The molecule has 0 atom stereocenters. The van der Waals surface area contributed by atoms with Gasteiger partial charge in [-0.3, -0.25) is 4.79 Å². The van der Waals surface area contributed by atoms with Crippen molar-refractivity contribution < 1.29 is 4.74 Å². The minimum Gasteiger partial charge on any atom is -0.497 e. The van der Waals surface area contributed by atoms with E-state index >= 15 is 0 Å². The largest absolute Gasteiger partial charge is 0.497 e. The lowest BCUT2D eigenvalue weighted by Gasteiger charge is -2.02. The summed E-state index contributed by atoms with van der Waals surface area (Å²) in [6.07, 6.45) is 1.63. The number of aromatic amines is 1. The van der Waals surface area contributed by atoms with E-state index in [2.05, 4.69) is 34.2 Å². The summed E-state index contributed by atoms with van der Waals surface area (Å²) in [5, 5.41) is 0. The Kier molecular flexibility index (Phi) is 2.91. The fourth-order valence-corrected chi connectivity index (χ4v) is 1.24. The third-order valence-electron chi connectivity index (χ3n) is 1.41. The highest BCUT2D eigenvalue weighted by Gasteiger charge is 2.03. The van der Waals surface area contributed by atoms with Gasteiger partial charge in [0.2, 0.25) is 0 Å². The lowest BCUT2D eigenvalue weighted by Crippen LogP contribution is -2.11. The Hall–Kier alpha value is -0.780. The number of pyridine rings is 1. The van der Waals surface area contributed by atoms with E-state index in [9.17, 15) is 4.79 Å². The van der Waals surface area contributed by atoms with Crippen LogP contribution in [0.2, 0.25) is 0 Å². The van der Waals surface area contributed by atoms with Crippen molar-refractivity contribution >= 4 is 28.4 Å². The Morgan fingerprint density at radius 2 is 2.42 bits per heavy atom. The maximum Gasteiger partial charge on any atom is 0.259 e. The van der Waals surface area contributed by atoms with E-state index in [1.54, 1.807) is 12.3 Å². The third-order valence-corrected chi connectivity index (χ3v) is 2.04. The molecule has 1 rings (SSSR count). The molecule has 0 amide bonds. The molecular formula is C8H8INO2. The van der Waals surface area contributed by atoms with Crippen LogP contribution < -0.4 is 5.56 Å². The van der Waals surface area contributed by atoms with Crippen molar-refractivity contribution in [2.75, 3.05) is 7.11 Å². The molecule has 0 aliphatic rings. The highest BCUT2D eigenvalue weighted by molar-refractivity contribution is 14.1. The fourth-order valence-electron chi connectivity index (χ4n) is 0.774. The van der Waals surface area contributed by atoms with Crippen LogP contribution >= 0.6 is 22.6 Å². The molecule has 1 N–H and O–H groups in total. The molecule has 1 aromatic rings. The van der Waals surface area contributed by atoms with Gasteiger partial charge < -0.3 is 9.72 Å². The van der Waals surface area contributed by atoms with Crippen molar-refractivity contribution in [3.63, 3.8) is 0 Å². The van der Waals surface area contributed by atoms with Crippen LogP contribution in [0.15, 0.2) is 23.6 Å². The monoisotopic (exact) mass is 277 g/mol. The van der Waals surface area contributed by atoms with Crippen molar-refractivity contribution in [1.82, 2.24) is 4.98 Å². The van der Waals surface area contributed by atoms with Gasteiger partial charge in [0.1, 0.15) is 5.76 Å². The first-order valence-electron chi connectivity index (χ1n) is 3.26. The van der Waals surface area contributed by atoms with Gasteiger partial charge in [0.25, 0.3) is 5.56 Å². The van der Waals surface area contributed by atoms with Gasteiger partial charge in [-0.1, -0.05) is 6.58 Å². The number of methoxy groups -OCH3 is 1. The summed E-state index contributed by atoms with van der Waals surface area (Å²) in [7, 11) is 1.49. The predicted octanol–water partition coefficient (Wildman–Crippen LogP) is 1.60. The number of rotatable bonds is 2. The molecule has 0 saturated heterocycles. The topological polar surface area (TPSA) is 42.1 Å². The number of aromatic nitrogens is 1. The van der Waals surface area contributed by atoms with Crippen LogP contribution in [-0.4, -0.2) is 12.1 Å². The maximum absolute atomic E-state index is 11.2. The summed E-state index contributed by atoms with van der Waals surface area (Å²) in [6.45, 7) is 3.60. The minimum absolute atomic E-state index is 0.178. The summed E-state index contributed by atoms with van der Waals surface area (Å²) >= 11 is 2.10. The first-order valence-corrected chi connectivity index (χ1v) is 4.34. The summed E-state index contributed by atoms with van der Waals surface area (Å²) in [6, 6.07) is 1.73. The Morgan fingerprint density at radius 3 is 3.00 bits per heavy atom. The molecule has 0 radical (unpaired) electrons. The smallest absolute Gasteiger partial charge is 0.259 e. The summed E-state index contributed by atoms with van der Waals surface area (Å²) in [5.41, 5.74) is 0.298. The maximum atomic E-state index is 11.2. The molecule has 1 aromatic heterocycles. The average Bonchev–Trinajstić information content (AvgIpc) is 2.08. The number of H-pyrrole nitrogens is 1. The first-order chi connectivity index (χ1) is 5.65. The molecule has 0 unspecified atom stereocenters. The van der Waals surface area contributed by atoms with Crippen LogP contribution in [0.25, 0.3) is 5.76 Å². The highest BCUT2D eigenvalue weighted by atomic mass is 127. The Balaban J connectivity index is 3.23. The van der Waals surface area contributed by atoms with Crippen LogP contribution in [0, 0.1) is 3.57 Å². The SMILES string of the molecule is C=C(OC)c1cc(I)c[nH]c1=O. The third kappa shape index (κ3) is 1.88. The van der Waals surface area contributed by atoms with Crippen molar-refractivity contribution in [3.8, 4) is 0 Å². The van der Waals surface area contributed by atoms with Crippen molar-refractivity contribution in [2.24, 2.45) is 0 Å². The normalized spacial score (nSPS) is 9.50. The van der Waals surface area contributed by atoms with Gasteiger partial charge in [0, 0.05) is 9.77 Å². The van der Waals surface area contributed by atoms with E-state index in [4.69, 9.17) is 4.74 Å². The lowest BCUT2D eigenvalue weighted by atomic mass is 10.2. The van der Waals surface area contributed by atoms with Gasteiger partial charge in [0.15, 0.2) is 0 Å². The number of hydrogen-bond acceptors (Lipinski definition) is 2. The molecule has 1 heterocycles. The second kappa shape index (κ2) is 3.75. The quantitative estimate of drug-likeness (QED) is 0.659. The van der Waals surface area contributed by atoms with E-state index in [0.717, 1.165) is 3.57 Å². The molecule has 0 aromatic carbocycles. The summed E-state index contributed by atoms with van der Waals surface area (Å²) in [4.78, 5) is 13.8. The van der Waals surface area contributed by atoms with Gasteiger partial charge in [-0.15, -0.1) is 0 Å². The van der Waals surface area contributed by atoms with Gasteiger partial charge >= 0.3 is 0 Å². The summed E-state index contributed by atoms with van der Waals surface area (Å²) in [5.74, 6) is 0.384. The molecule has 0 spiro atoms. The van der Waals surface area contributed by atoms with Gasteiger partial charge in [0.05, 0.1) is 12.7 Å². The van der Waals surface area contributed by atoms with Crippen molar-refractivity contribution in [3.05, 3.63) is 38.3 Å². The van der Waals surface area contributed by atoms with E-state index in [-0.39, 0.29) is 5.56 Å². The number of hydrogen-bond donors (Lipinski definition) is 1. The highest BCUT2D eigenvalue weighted by Crippen LogP contribution is 2.10. The molecule has 3 nitrogen and oxygen atoms in total. The summed E-state index contributed by atoms with van der Waals surface area (Å²) < 4.78 is 5.80. The van der Waals surface area contributed by atoms with E-state index in [1.165, 1.54) is 7.11 Å². The molecule has 0 fully saturated rings. The number of ether oxygens (including phenoxy) is 1. The average molecular weight is 277 g/mol. The number of halogens is 1.